The summed E-state index contributed by atoms with van der Waals surface area (Å²) in [5.41, 5.74) is 1.71. The van der Waals surface area contributed by atoms with Crippen molar-refractivity contribution in [1.29, 1.82) is 0 Å². The van der Waals surface area contributed by atoms with E-state index >= 15 is 0 Å². The Morgan fingerprint density at radius 1 is 1.03 bits per heavy atom. The first kappa shape index (κ1) is 23.0. The van der Waals surface area contributed by atoms with Crippen LogP contribution in [0, 0.1) is 0 Å². The molecule has 1 aliphatic rings. The van der Waals surface area contributed by atoms with Gasteiger partial charge in [-0.15, -0.1) is 0 Å². The summed E-state index contributed by atoms with van der Waals surface area (Å²) in [6, 6.07) is 7.80. The van der Waals surface area contributed by atoms with Gasteiger partial charge in [0.25, 0.3) is 5.91 Å². The average Bonchev–Trinajstić information content (AvgIpc) is 3.43. The van der Waals surface area contributed by atoms with Crippen LogP contribution in [0.5, 0.6) is 17.2 Å². The predicted octanol–water partition coefficient (Wildman–Crippen LogP) is 3.79. The second-order valence-electron chi connectivity index (χ2n) is 7.61. The third-order valence-corrected chi connectivity index (χ3v) is 5.53. The average molecular weight is 430 g/mol. The largest absolute Gasteiger partial charge is 0.490 e. The highest BCUT2D eigenvalue weighted by Gasteiger charge is 2.26. The highest BCUT2D eigenvalue weighted by atomic mass is 16.5. The number of hydrogen-bond acceptors (Lipinski definition) is 5. The van der Waals surface area contributed by atoms with Gasteiger partial charge in [0.05, 0.1) is 25.9 Å². The fourth-order valence-corrected chi connectivity index (χ4v) is 4.11. The minimum Gasteiger partial charge on any atom is -0.490 e. The van der Waals surface area contributed by atoms with Crippen LogP contribution in [0.1, 0.15) is 55.7 Å². The van der Waals surface area contributed by atoms with Gasteiger partial charge in [0.1, 0.15) is 0 Å². The molecule has 0 aliphatic carbocycles. The van der Waals surface area contributed by atoms with Crippen LogP contribution in [0.15, 0.2) is 30.5 Å². The summed E-state index contributed by atoms with van der Waals surface area (Å²) >= 11 is 0. The number of nitrogens with zero attached hydrogens (tertiary/aromatic N) is 2. The molecular weight excluding hydrogens is 394 g/mol. The summed E-state index contributed by atoms with van der Waals surface area (Å²) in [5, 5.41) is 3.14. The maximum atomic E-state index is 13.1. The molecule has 1 aliphatic heterocycles. The van der Waals surface area contributed by atoms with E-state index in [1.165, 1.54) is 18.5 Å². The molecule has 2 heterocycles. The van der Waals surface area contributed by atoms with E-state index in [0.29, 0.717) is 49.2 Å². The molecule has 7 heteroatoms. The molecule has 0 spiro atoms. The molecule has 2 aromatic rings. The zero-order valence-electron chi connectivity index (χ0n) is 19.1. The highest BCUT2D eigenvalue weighted by Crippen LogP contribution is 2.39. The zero-order chi connectivity index (χ0) is 22.2. The third kappa shape index (κ3) is 5.53. The van der Waals surface area contributed by atoms with Gasteiger partial charge in [-0.05, 0) is 71.0 Å². The Hall–Kier alpha value is -2.67. The number of rotatable bonds is 11. The molecular formula is C24H35N3O4. The molecule has 0 saturated carbocycles. The Morgan fingerprint density at radius 2 is 1.65 bits per heavy atom. The number of likely N-dealkylation sites (tertiary alicyclic amines) is 1. The van der Waals surface area contributed by atoms with Crippen LogP contribution < -0.4 is 19.5 Å². The van der Waals surface area contributed by atoms with Crippen LogP contribution in [0.3, 0.4) is 0 Å². The van der Waals surface area contributed by atoms with Crippen LogP contribution in [0.2, 0.25) is 0 Å². The van der Waals surface area contributed by atoms with Crippen molar-refractivity contribution in [1.82, 2.24) is 14.8 Å². The maximum Gasteiger partial charge on any atom is 0.251 e. The molecule has 0 bridgehead atoms. The van der Waals surface area contributed by atoms with Crippen molar-refractivity contribution < 1.29 is 19.0 Å². The molecule has 1 saturated heterocycles. The van der Waals surface area contributed by atoms with Gasteiger partial charge in [-0.1, -0.05) is 0 Å². The van der Waals surface area contributed by atoms with Gasteiger partial charge in [-0.25, -0.2) is 0 Å². The van der Waals surface area contributed by atoms with Crippen LogP contribution in [-0.4, -0.2) is 54.8 Å². The van der Waals surface area contributed by atoms with Gasteiger partial charge >= 0.3 is 0 Å². The first-order chi connectivity index (χ1) is 15.1. The standard InChI is InChI=1S/C24H35N3O4/c1-5-29-21-15-18(16-22(30-6-2)23(21)31-7-3)24(28)25-17-20(27-13-8-9-14-27)19-11-10-12-26(19)4/h10-12,15-16,20H,5-9,13-14,17H2,1-4H3,(H,25,28). The minimum atomic E-state index is -0.150. The van der Waals surface area contributed by atoms with Crippen molar-refractivity contribution in [2.24, 2.45) is 7.05 Å². The number of carbonyl (C=O) groups excluding carboxylic acids is 1. The summed E-state index contributed by atoms with van der Waals surface area (Å²) < 4.78 is 19.4. The number of carbonyl (C=O) groups is 1. The first-order valence-electron chi connectivity index (χ1n) is 11.3. The van der Waals surface area contributed by atoms with Crippen molar-refractivity contribution in [3.8, 4) is 17.2 Å². The number of hydrogen-bond donors (Lipinski definition) is 1. The summed E-state index contributed by atoms with van der Waals surface area (Å²) in [6.45, 7) is 9.80. The molecule has 31 heavy (non-hydrogen) atoms. The van der Waals surface area contributed by atoms with Crippen molar-refractivity contribution in [2.75, 3.05) is 39.5 Å². The molecule has 1 fully saturated rings. The smallest absolute Gasteiger partial charge is 0.251 e. The Kier molecular flexibility index (Phi) is 8.23. The van der Waals surface area contributed by atoms with Gasteiger partial charge in [0.2, 0.25) is 5.75 Å². The van der Waals surface area contributed by atoms with Gasteiger partial charge in [-0.3, -0.25) is 9.69 Å². The van der Waals surface area contributed by atoms with E-state index in [1.54, 1.807) is 12.1 Å². The quantitative estimate of drug-likeness (QED) is 0.589. The lowest BCUT2D eigenvalue weighted by Crippen LogP contribution is -2.37. The zero-order valence-corrected chi connectivity index (χ0v) is 19.1. The molecule has 1 aromatic carbocycles. The summed E-state index contributed by atoms with van der Waals surface area (Å²) in [4.78, 5) is 15.6. The molecule has 3 rings (SSSR count). The summed E-state index contributed by atoms with van der Waals surface area (Å²) in [6.07, 6.45) is 4.45. The normalized spacial score (nSPS) is 15.0. The van der Waals surface area contributed by atoms with Crippen LogP contribution in [-0.2, 0) is 7.05 Å². The topological polar surface area (TPSA) is 65.0 Å². The summed E-state index contributed by atoms with van der Waals surface area (Å²) in [5.74, 6) is 1.45. The van der Waals surface area contributed by atoms with Gasteiger partial charge in [0, 0.05) is 31.0 Å². The van der Waals surface area contributed by atoms with E-state index in [2.05, 4.69) is 40.2 Å². The van der Waals surface area contributed by atoms with E-state index in [-0.39, 0.29) is 11.9 Å². The van der Waals surface area contributed by atoms with Gasteiger partial charge < -0.3 is 24.1 Å². The molecule has 0 radical (unpaired) electrons. The van der Waals surface area contributed by atoms with Gasteiger partial charge in [0.15, 0.2) is 11.5 Å². The second-order valence-corrected chi connectivity index (χ2v) is 7.61. The predicted molar refractivity (Wildman–Crippen MR) is 121 cm³/mol. The second kappa shape index (κ2) is 11.1. The highest BCUT2D eigenvalue weighted by molar-refractivity contribution is 5.95. The molecule has 1 unspecified atom stereocenters. The molecule has 7 nitrogen and oxygen atoms in total. The molecule has 1 atom stereocenters. The van der Waals surface area contributed by atoms with E-state index in [4.69, 9.17) is 14.2 Å². The van der Waals surface area contributed by atoms with Crippen LogP contribution in [0.4, 0.5) is 0 Å². The lowest BCUT2D eigenvalue weighted by molar-refractivity contribution is 0.0935. The third-order valence-electron chi connectivity index (χ3n) is 5.53. The monoisotopic (exact) mass is 429 g/mol. The Labute approximate surface area is 185 Å². The fraction of sp³-hybridized carbons (Fsp3) is 0.542. The van der Waals surface area contributed by atoms with Crippen molar-refractivity contribution in [2.45, 2.75) is 39.7 Å². The van der Waals surface area contributed by atoms with Crippen LogP contribution in [0.25, 0.3) is 0 Å². The molecule has 1 aromatic heterocycles. The number of aryl methyl sites for hydroxylation is 1. The van der Waals surface area contributed by atoms with Crippen molar-refractivity contribution in [3.63, 3.8) is 0 Å². The van der Waals surface area contributed by atoms with Gasteiger partial charge in [-0.2, -0.15) is 0 Å². The Balaban J connectivity index is 1.81. The molecule has 170 valence electrons. The van der Waals surface area contributed by atoms with Crippen molar-refractivity contribution in [3.05, 3.63) is 41.7 Å². The number of nitrogens with one attached hydrogen (secondary N) is 1. The van der Waals surface area contributed by atoms with E-state index in [1.807, 2.05) is 20.8 Å². The Morgan fingerprint density at radius 3 is 2.16 bits per heavy atom. The Bertz CT molecular complexity index is 831. The SMILES string of the molecule is CCOc1cc(C(=O)NCC(c2cccn2C)N2CCCC2)cc(OCC)c1OCC. The minimum absolute atomic E-state index is 0.145. The fourth-order valence-electron chi connectivity index (χ4n) is 4.11. The maximum absolute atomic E-state index is 13.1. The number of benzene rings is 1. The number of amides is 1. The van der Waals surface area contributed by atoms with Crippen LogP contribution >= 0.6 is 0 Å². The molecule has 1 amide bonds. The lowest BCUT2D eigenvalue weighted by Gasteiger charge is -2.28. The number of ether oxygens (including phenoxy) is 3. The first-order valence-corrected chi connectivity index (χ1v) is 11.3. The number of aromatic nitrogens is 1. The lowest BCUT2D eigenvalue weighted by atomic mass is 10.1. The molecule has 1 N–H and O–H groups in total. The van der Waals surface area contributed by atoms with Crippen molar-refractivity contribution >= 4 is 5.91 Å². The van der Waals surface area contributed by atoms with E-state index < -0.39 is 0 Å². The van der Waals surface area contributed by atoms with E-state index in [9.17, 15) is 4.79 Å². The van der Waals surface area contributed by atoms with E-state index in [0.717, 1.165) is 13.1 Å². The summed E-state index contributed by atoms with van der Waals surface area (Å²) in [7, 11) is 2.05.